The fraction of sp³-hybridized carbons (Fsp3) is 0.692. The molecular weight excluding hydrogens is 280 g/mol. The van der Waals surface area contributed by atoms with Crippen molar-refractivity contribution < 1.29 is 8.42 Å². The van der Waals surface area contributed by atoms with Crippen molar-refractivity contribution in [2.75, 3.05) is 6.54 Å². The molecule has 110 valence electrons. The van der Waals surface area contributed by atoms with E-state index >= 15 is 0 Å². The molecule has 0 aliphatic rings. The lowest BCUT2D eigenvalue weighted by atomic mass is 9.86. The van der Waals surface area contributed by atoms with Gasteiger partial charge < -0.3 is 5.73 Å². The van der Waals surface area contributed by atoms with E-state index in [1.165, 1.54) is 11.3 Å². The van der Waals surface area contributed by atoms with E-state index in [4.69, 9.17) is 5.73 Å². The fourth-order valence-corrected chi connectivity index (χ4v) is 4.37. The second kappa shape index (κ2) is 6.83. The molecule has 4 nitrogen and oxygen atoms in total. The van der Waals surface area contributed by atoms with E-state index in [2.05, 4.69) is 32.4 Å². The van der Waals surface area contributed by atoms with Crippen molar-refractivity contribution in [1.29, 1.82) is 0 Å². The quantitative estimate of drug-likeness (QED) is 0.812. The van der Waals surface area contributed by atoms with Crippen molar-refractivity contribution in [2.45, 2.75) is 39.1 Å². The number of hydrogen-bond acceptors (Lipinski definition) is 4. The van der Waals surface area contributed by atoms with Gasteiger partial charge in [0, 0.05) is 23.3 Å². The van der Waals surface area contributed by atoms with Gasteiger partial charge in [-0.3, -0.25) is 0 Å². The smallest absolute Gasteiger partial charge is 0.241 e. The highest BCUT2D eigenvalue weighted by Gasteiger charge is 2.22. The van der Waals surface area contributed by atoms with Gasteiger partial charge in [-0.1, -0.05) is 27.7 Å². The Bertz CT molecular complexity index is 484. The standard InChI is InChI=1S/C13H24N2O2S2/c1-9(2)13(10(3)4)7-15-19(16,17)12-5-11(6-14)18-8-12/h5,8-10,13,15H,6-7,14H2,1-4H3. The zero-order valence-corrected chi connectivity index (χ0v) is 13.6. The van der Waals surface area contributed by atoms with Crippen LogP contribution in [0.4, 0.5) is 0 Å². The van der Waals surface area contributed by atoms with Crippen LogP contribution >= 0.6 is 11.3 Å². The Labute approximate surface area is 120 Å². The van der Waals surface area contributed by atoms with Crippen molar-refractivity contribution in [1.82, 2.24) is 4.72 Å². The molecule has 0 radical (unpaired) electrons. The number of nitrogens with two attached hydrogens (primary N) is 1. The first-order chi connectivity index (χ1) is 8.77. The summed E-state index contributed by atoms with van der Waals surface area (Å²) in [6.45, 7) is 9.34. The summed E-state index contributed by atoms with van der Waals surface area (Å²) in [5.41, 5.74) is 5.50. The molecule has 1 rings (SSSR count). The number of hydrogen-bond donors (Lipinski definition) is 2. The molecule has 0 unspecified atom stereocenters. The van der Waals surface area contributed by atoms with E-state index in [0.717, 1.165) is 4.88 Å². The van der Waals surface area contributed by atoms with Crippen molar-refractivity contribution in [3.05, 3.63) is 16.3 Å². The Balaban J connectivity index is 2.74. The van der Waals surface area contributed by atoms with Gasteiger partial charge in [-0.05, 0) is 23.8 Å². The van der Waals surface area contributed by atoms with Gasteiger partial charge in [-0.15, -0.1) is 11.3 Å². The molecule has 0 saturated carbocycles. The molecule has 0 amide bonds. The topological polar surface area (TPSA) is 72.2 Å². The van der Waals surface area contributed by atoms with Crippen LogP contribution in [0.25, 0.3) is 0 Å². The van der Waals surface area contributed by atoms with Crippen molar-refractivity contribution in [3.8, 4) is 0 Å². The minimum atomic E-state index is -3.41. The second-order valence-corrected chi connectivity index (χ2v) is 8.22. The Morgan fingerprint density at radius 3 is 2.26 bits per heavy atom. The molecule has 0 bridgehead atoms. The van der Waals surface area contributed by atoms with E-state index < -0.39 is 10.0 Å². The third kappa shape index (κ3) is 4.56. The van der Waals surface area contributed by atoms with Gasteiger partial charge in [0.15, 0.2) is 0 Å². The summed E-state index contributed by atoms with van der Waals surface area (Å²) in [7, 11) is -3.41. The van der Waals surface area contributed by atoms with Crippen LogP contribution in [0.2, 0.25) is 0 Å². The lowest BCUT2D eigenvalue weighted by molar-refractivity contribution is 0.289. The first kappa shape index (κ1) is 16.6. The average Bonchev–Trinajstić information content (AvgIpc) is 2.77. The van der Waals surface area contributed by atoms with E-state index in [1.54, 1.807) is 11.4 Å². The highest BCUT2D eigenvalue weighted by Crippen LogP contribution is 2.22. The number of thiophene rings is 1. The summed E-state index contributed by atoms with van der Waals surface area (Å²) in [5.74, 6) is 1.23. The maximum Gasteiger partial charge on any atom is 0.241 e. The highest BCUT2D eigenvalue weighted by atomic mass is 32.2. The summed E-state index contributed by atoms with van der Waals surface area (Å²) in [5, 5.41) is 1.64. The number of rotatable bonds is 7. The summed E-state index contributed by atoms with van der Waals surface area (Å²) in [4.78, 5) is 1.20. The zero-order valence-electron chi connectivity index (χ0n) is 12.0. The molecule has 3 N–H and O–H groups in total. The monoisotopic (exact) mass is 304 g/mol. The van der Waals surface area contributed by atoms with E-state index in [-0.39, 0.29) is 0 Å². The fourth-order valence-electron chi connectivity index (χ4n) is 2.14. The van der Waals surface area contributed by atoms with Gasteiger partial charge in [-0.25, -0.2) is 13.1 Å². The van der Waals surface area contributed by atoms with Crippen LogP contribution in [0.15, 0.2) is 16.3 Å². The van der Waals surface area contributed by atoms with E-state index in [9.17, 15) is 8.42 Å². The predicted molar refractivity (Wildman–Crippen MR) is 80.6 cm³/mol. The van der Waals surface area contributed by atoms with Crippen LogP contribution < -0.4 is 10.5 Å². The number of nitrogens with one attached hydrogen (secondary N) is 1. The molecule has 0 aliphatic carbocycles. The molecule has 1 aromatic rings. The minimum absolute atomic E-state index is 0.323. The maximum atomic E-state index is 12.2. The molecule has 0 fully saturated rings. The van der Waals surface area contributed by atoms with Crippen LogP contribution in [0.3, 0.4) is 0 Å². The van der Waals surface area contributed by atoms with Gasteiger partial charge >= 0.3 is 0 Å². The van der Waals surface area contributed by atoms with Crippen LogP contribution in [0.1, 0.15) is 32.6 Å². The molecule has 0 atom stereocenters. The van der Waals surface area contributed by atoms with Crippen LogP contribution in [-0.2, 0) is 16.6 Å². The second-order valence-electron chi connectivity index (χ2n) is 5.46. The summed E-state index contributed by atoms with van der Waals surface area (Å²) >= 11 is 1.38. The maximum absolute atomic E-state index is 12.2. The molecule has 1 heterocycles. The highest BCUT2D eigenvalue weighted by molar-refractivity contribution is 7.89. The summed E-state index contributed by atoms with van der Waals surface area (Å²) in [6.07, 6.45) is 0. The molecule has 0 aliphatic heterocycles. The molecule has 0 aromatic carbocycles. The van der Waals surface area contributed by atoms with Crippen LogP contribution in [0.5, 0.6) is 0 Å². The largest absolute Gasteiger partial charge is 0.326 e. The van der Waals surface area contributed by atoms with Crippen molar-refractivity contribution in [3.63, 3.8) is 0 Å². The molecule has 19 heavy (non-hydrogen) atoms. The van der Waals surface area contributed by atoms with Crippen molar-refractivity contribution >= 4 is 21.4 Å². The first-order valence-electron chi connectivity index (χ1n) is 6.55. The van der Waals surface area contributed by atoms with Gasteiger partial charge in [0.25, 0.3) is 0 Å². The van der Waals surface area contributed by atoms with Crippen molar-refractivity contribution in [2.24, 2.45) is 23.5 Å². The van der Waals surface area contributed by atoms with E-state index in [1.807, 2.05) is 0 Å². The summed E-state index contributed by atoms with van der Waals surface area (Å²) in [6, 6.07) is 1.65. The number of sulfonamides is 1. The van der Waals surface area contributed by atoms with E-state index in [0.29, 0.717) is 35.7 Å². The van der Waals surface area contributed by atoms with Gasteiger partial charge in [-0.2, -0.15) is 0 Å². The van der Waals surface area contributed by atoms with Gasteiger partial charge in [0.05, 0.1) is 4.90 Å². The molecular formula is C13H24N2O2S2. The minimum Gasteiger partial charge on any atom is -0.326 e. The Morgan fingerprint density at radius 2 is 1.84 bits per heavy atom. The van der Waals surface area contributed by atoms with Gasteiger partial charge in [0.2, 0.25) is 10.0 Å². The Kier molecular flexibility index (Phi) is 5.98. The molecule has 6 heteroatoms. The molecule has 1 aromatic heterocycles. The normalized spacial score (nSPS) is 12.8. The predicted octanol–water partition coefficient (Wildman–Crippen LogP) is 2.41. The Hall–Kier alpha value is -0.430. The van der Waals surface area contributed by atoms with Crippen LogP contribution in [0, 0.1) is 17.8 Å². The lowest BCUT2D eigenvalue weighted by Crippen LogP contribution is -2.33. The lowest BCUT2D eigenvalue weighted by Gasteiger charge is -2.24. The zero-order chi connectivity index (χ0) is 14.6. The van der Waals surface area contributed by atoms with Crippen LogP contribution in [-0.4, -0.2) is 15.0 Å². The molecule has 0 saturated heterocycles. The Morgan fingerprint density at radius 1 is 1.26 bits per heavy atom. The summed E-state index contributed by atoms with van der Waals surface area (Å²) < 4.78 is 27.0. The first-order valence-corrected chi connectivity index (χ1v) is 8.91. The van der Waals surface area contributed by atoms with Gasteiger partial charge in [0.1, 0.15) is 0 Å². The SMILES string of the molecule is CC(C)C(CNS(=O)(=O)c1csc(CN)c1)C(C)C. The average molecular weight is 304 g/mol. The third-order valence-electron chi connectivity index (χ3n) is 3.36. The third-order valence-corrected chi connectivity index (χ3v) is 5.87. The molecule has 0 spiro atoms.